The minimum absolute atomic E-state index is 0.247. The number of hydrogen-bond donors (Lipinski definition) is 0. The van der Waals surface area contributed by atoms with Crippen LogP contribution in [-0.4, -0.2) is 5.78 Å². The molecule has 1 heteroatoms. The van der Waals surface area contributed by atoms with Crippen molar-refractivity contribution in [2.75, 3.05) is 0 Å². The molecule has 0 saturated heterocycles. The van der Waals surface area contributed by atoms with Gasteiger partial charge in [-0.1, -0.05) is 26.8 Å². The molecule has 0 aromatic heterocycles. The average molecular weight is 140 g/mol. The van der Waals surface area contributed by atoms with E-state index < -0.39 is 0 Å². The summed E-state index contributed by atoms with van der Waals surface area (Å²) in [6.45, 7) is 6.13. The van der Waals surface area contributed by atoms with E-state index in [2.05, 4.69) is 13.8 Å². The maximum atomic E-state index is 10.9. The van der Waals surface area contributed by atoms with E-state index in [1.54, 1.807) is 6.08 Å². The molecule has 0 N–H and O–H groups in total. The van der Waals surface area contributed by atoms with Gasteiger partial charge in [0.1, 0.15) is 0 Å². The van der Waals surface area contributed by atoms with E-state index in [0.29, 0.717) is 12.3 Å². The molecule has 0 rings (SSSR count). The van der Waals surface area contributed by atoms with Crippen molar-refractivity contribution in [3.63, 3.8) is 0 Å². The Labute approximate surface area is 63.1 Å². The minimum Gasteiger partial charge on any atom is -0.295 e. The Bertz CT molecular complexity index is 123. The van der Waals surface area contributed by atoms with Crippen molar-refractivity contribution in [2.45, 2.75) is 33.6 Å². The zero-order chi connectivity index (χ0) is 7.98. The summed E-state index contributed by atoms with van der Waals surface area (Å²) in [7, 11) is 0. The summed E-state index contributed by atoms with van der Waals surface area (Å²) in [5.41, 5.74) is 0. The molecule has 0 radical (unpaired) electrons. The highest BCUT2D eigenvalue weighted by Gasteiger charge is 1.98. The lowest BCUT2D eigenvalue weighted by molar-refractivity contribution is -0.115. The Morgan fingerprint density at radius 1 is 1.50 bits per heavy atom. The molecular weight excluding hydrogens is 124 g/mol. The first kappa shape index (κ1) is 9.41. The van der Waals surface area contributed by atoms with Crippen LogP contribution in [0, 0.1) is 5.92 Å². The van der Waals surface area contributed by atoms with Gasteiger partial charge in [0.05, 0.1) is 0 Å². The van der Waals surface area contributed by atoms with Crippen molar-refractivity contribution < 1.29 is 4.79 Å². The molecule has 1 nitrogen and oxygen atoms in total. The third-order valence-electron chi connectivity index (χ3n) is 1.15. The van der Waals surface area contributed by atoms with Crippen LogP contribution in [0.2, 0.25) is 0 Å². The lowest BCUT2D eigenvalue weighted by Crippen LogP contribution is -1.97. The van der Waals surface area contributed by atoms with Gasteiger partial charge >= 0.3 is 0 Å². The number of hydrogen-bond acceptors (Lipinski definition) is 1. The molecule has 0 unspecified atom stereocenters. The fraction of sp³-hybridized carbons (Fsp3) is 0.667. The Hall–Kier alpha value is -0.590. The van der Waals surface area contributed by atoms with Crippen molar-refractivity contribution in [1.29, 1.82) is 0 Å². The fourth-order valence-corrected chi connectivity index (χ4v) is 0.720. The topological polar surface area (TPSA) is 17.1 Å². The van der Waals surface area contributed by atoms with Gasteiger partial charge in [0.2, 0.25) is 0 Å². The van der Waals surface area contributed by atoms with E-state index in [4.69, 9.17) is 0 Å². The Morgan fingerprint density at radius 2 is 2.10 bits per heavy atom. The molecule has 0 aromatic carbocycles. The first-order valence-electron chi connectivity index (χ1n) is 3.86. The number of ketones is 1. The molecule has 0 fully saturated rings. The quantitative estimate of drug-likeness (QED) is 0.548. The molecule has 10 heavy (non-hydrogen) atoms. The molecular formula is C9H16O. The van der Waals surface area contributed by atoms with Gasteiger partial charge in [0, 0.05) is 6.42 Å². The molecule has 0 amide bonds. The summed E-state index contributed by atoms with van der Waals surface area (Å²) in [5, 5.41) is 0. The van der Waals surface area contributed by atoms with Crippen molar-refractivity contribution in [3.8, 4) is 0 Å². The van der Waals surface area contributed by atoms with Gasteiger partial charge in [0.25, 0.3) is 0 Å². The molecule has 0 aliphatic heterocycles. The summed E-state index contributed by atoms with van der Waals surface area (Å²) in [4.78, 5) is 10.9. The lowest BCUT2D eigenvalue weighted by atomic mass is 10.1. The zero-order valence-electron chi connectivity index (χ0n) is 7.05. The monoisotopic (exact) mass is 140 g/mol. The van der Waals surface area contributed by atoms with Crippen LogP contribution in [-0.2, 0) is 4.79 Å². The van der Waals surface area contributed by atoms with E-state index in [-0.39, 0.29) is 5.78 Å². The predicted molar refractivity (Wildman–Crippen MR) is 43.9 cm³/mol. The molecule has 58 valence electrons. The standard InChI is InChI=1S/C9H16O/c1-4-5-6-9(10)7-8(2)3/h5-6,8H,4,7H2,1-3H3. The lowest BCUT2D eigenvalue weighted by Gasteiger charge is -1.97. The zero-order valence-corrected chi connectivity index (χ0v) is 7.05. The van der Waals surface area contributed by atoms with Crippen LogP contribution in [0.15, 0.2) is 12.2 Å². The highest BCUT2D eigenvalue weighted by Crippen LogP contribution is 2.00. The van der Waals surface area contributed by atoms with Crippen molar-refractivity contribution in [2.24, 2.45) is 5.92 Å². The normalized spacial score (nSPS) is 11.2. The fourth-order valence-electron chi connectivity index (χ4n) is 0.720. The Balaban J connectivity index is 3.54. The molecule has 0 aliphatic rings. The van der Waals surface area contributed by atoms with Gasteiger partial charge in [-0.25, -0.2) is 0 Å². The van der Waals surface area contributed by atoms with Crippen LogP contribution in [0.4, 0.5) is 0 Å². The third-order valence-corrected chi connectivity index (χ3v) is 1.15. The average Bonchev–Trinajstić information content (AvgIpc) is 1.82. The Morgan fingerprint density at radius 3 is 2.50 bits per heavy atom. The van der Waals surface area contributed by atoms with Crippen LogP contribution < -0.4 is 0 Å². The maximum Gasteiger partial charge on any atom is 0.155 e. The SMILES string of the molecule is CCC=CC(=O)CC(C)C. The number of allylic oxidation sites excluding steroid dienone is 2. The van der Waals surface area contributed by atoms with Crippen molar-refractivity contribution >= 4 is 5.78 Å². The summed E-state index contributed by atoms with van der Waals surface area (Å²) in [6, 6.07) is 0. The van der Waals surface area contributed by atoms with E-state index in [1.165, 1.54) is 0 Å². The Kier molecular flexibility index (Phi) is 4.91. The molecule has 0 saturated carbocycles. The van der Waals surface area contributed by atoms with E-state index >= 15 is 0 Å². The van der Waals surface area contributed by atoms with Crippen LogP contribution in [0.5, 0.6) is 0 Å². The highest BCUT2D eigenvalue weighted by molar-refractivity contribution is 5.89. The molecule has 0 heterocycles. The molecule has 0 aliphatic carbocycles. The highest BCUT2D eigenvalue weighted by atomic mass is 16.1. The van der Waals surface area contributed by atoms with Gasteiger partial charge < -0.3 is 0 Å². The summed E-state index contributed by atoms with van der Waals surface area (Å²) < 4.78 is 0. The second kappa shape index (κ2) is 5.21. The maximum absolute atomic E-state index is 10.9. The smallest absolute Gasteiger partial charge is 0.155 e. The van der Waals surface area contributed by atoms with Gasteiger partial charge in [-0.05, 0) is 18.4 Å². The van der Waals surface area contributed by atoms with Gasteiger partial charge in [-0.2, -0.15) is 0 Å². The van der Waals surface area contributed by atoms with Crippen molar-refractivity contribution in [3.05, 3.63) is 12.2 Å². The summed E-state index contributed by atoms with van der Waals surface area (Å²) in [5.74, 6) is 0.728. The summed E-state index contributed by atoms with van der Waals surface area (Å²) >= 11 is 0. The van der Waals surface area contributed by atoms with Crippen LogP contribution in [0.1, 0.15) is 33.6 Å². The number of rotatable bonds is 4. The minimum atomic E-state index is 0.247. The second-order valence-corrected chi connectivity index (χ2v) is 2.87. The van der Waals surface area contributed by atoms with Gasteiger partial charge in [-0.3, -0.25) is 4.79 Å². The first-order valence-corrected chi connectivity index (χ1v) is 3.86. The number of carbonyl (C=O) groups excluding carboxylic acids is 1. The van der Waals surface area contributed by atoms with Crippen LogP contribution in [0.25, 0.3) is 0 Å². The van der Waals surface area contributed by atoms with Crippen molar-refractivity contribution in [1.82, 2.24) is 0 Å². The first-order chi connectivity index (χ1) is 4.66. The predicted octanol–water partition coefficient (Wildman–Crippen LogP) is 2.57. The molecule has 0 spiro atoms. The van der Waals surface area contributed by atoms with Crippen LogP contribution >= 0.6 is 0 Å². The van der Waals surface area contributed by atoms with Crippen LogP contribution in [0.3, 0.4) is 0 Å². The molecule has 0 aromatic rings. The third kappa shape index (κ3) is 5.54. The second-order valence-electron chi connectivity index (χ2n) is 2.87. The van der Waals surface area contributed by atoms with E-state index in [1.807, 2.05) is 13.0 Å². The molecule has 0 bridgehead atoms. The van der Waals surface area contributed by atoms with Gasteiger partial charge in [0.15, 0.2) is 5.78 Å². The summed E-state index contributed by atoms with van der Waals surface area (Å²) in [6.07, 6.45) is 5.21. The van der Waals surface area contributed by atoms with E-state index in [9.17, 15) is 4.79 Å². The molecule has 0 atom stereocenters. The largest absolute Gasteiger partial charge is 0.295 e. The number of carbonyl (C=O) groups is 1. The van der Waals surface area contributed by atoms with Gasteiger partial charge in [-0.15, -0.1) is 0 Å². The van der Waals surface area contributed by atoms with E-state index in [0.717, 1.165) is 6.42 Å².